The molecule has 0 radical (unpaired) electrons. The number of nitrogens with one attached hydrogen (secondary N) is 1. The van der Waals surface area contributed by atoms with Gasteiger partial charge in [0.15, 0.2) is 0 Å². The zero-order valence-corrected chi connectivity index (χ0v) is 14.7. The Hall–Kier alpha value is -1.88. The number of rotatable bonds is 3. The Labute approximate surface area is 151 Å². The summed E-state index contributed by atoms with van der Waals surface area (Å²) in [6.45, 7) is 0. The van der Waals surface area contributed by atoms with Crippen molar-refractivity contribution in [3.63, 3.8) is 0 Å². The van der Waals surface area contributed by atoms with E-state index >= 15 is 0 Å². The van der Waals surface area contributed by atoms with Gasteiger partial charge in [-0.25, -0.2) is 0 Å². The van der Waals surface area contributed by atoms with E-state index in [9.17, 15) is 14.4 Å². The maximum absolute atomic E-state index is 12.7. The summed E-state index contributed by atoms with van der Waals surface area (Å²) in [7, 11) is 0. The molecule has 0 aromatic heterocycles. The van der Waals surface area contributed by atoms with Crippen LogP contribution in [0.25, 0.3) is 0 Å². The van der Waals surface area contributed by atoms with Gasteiger partial charge >= 0.3 is 0 Å². The van der Waals surface area contributed by atoms with Crippen molar-refractivity contribution in [1.82, 2.24) is 10.2 Å². The summed E-state index contributed by atoms with van der Waals surface area (Å²) < 4.78 is 0. The largest absolute Gasteiger partial charge is 0.351 e. The third-order valence-electron chi connectivity index (χ3n) is 5.89. The van der Waals surface area contributed by atoms with Gasteiger partial charge in [-0.05, 0) is 61.8 Å². The van der Waals surface area contributed by atoms with Crippen molar-refractivity contribution in [3.05, 3.63) is 34.9 Å². The van der Waals surface area contributed by atoms with Gasteiger partial charge in [0, 0.05) is 23.0 Å². The quantitative estimate of drug-likeness (QED) is 0.843. The number of nitrogens with zero attached hydrogens (tertiary/aromatic N) is 1. The Morgan fingerprint density at radius 1 is 1.08 bits per heavy atom. The van der Waals surface area contributed by atoms with E-state index in [2.05, 4.69) is 5.32 Å². The Morgan fingerprint density at radius 2 is 1.84 bits per heavy atom. The molecule has 1 aromatic carbocycles. The molecule has 5 nitrogen and oxygen atoms in total. The van der Waals surface area contributed by atoms with Crippen LogP contribution in [0, 0.1) is 11.8 Å². The van der Waals surface area contributed by atoms with Gasteiger partial charge in [0.2, 0.25) is 11.8 Å². The second kappa shape index (κ2) is 6.45. The normalized spacial score (nSPS) is 30.8. The molecule has 6 heteroatoms. The number of carbonyl (C=O) groups is 3. The fraction of sp³-hybridized carbons (Fsp3) is 0.526. The minimum absolute atomic E-state index is 0.189. The number of halogens is 1. The number of carbonyl (C=O) groups excluding carboxylic acids is 3. The summed E-state index contributed by atoms with van der Waals surface area (Å²) in [6.07, 6.45) is 5.29. The molecule has 2 bridgehead atoms. The van der Waals surface area contributed by atoms with Crippen molar-refractivity contribution in [2.45, 2.75) is 50.6 Å². The monoisotopic (exact) mass is 360 g/mol. The minimum Gasteiger partial charge on any atom is -0.351 e. The number of hydrogen-bond donors (Lipinski definition) is 1. The van der Waals surface area contributed by atoms with E-state index < -0.39 is 11.9 Å². The van der Waals surface area contributed by atoms with Gasteiger partial charge in [0.1, 0.15) is 6.04 Å². The second-order valence-electron chi connectivity index (χ2n) is 7.42. The van der Waals surface area contributed by atoms with Crippen LogP contribution >= 0.6 is 11.6 Å². The van der Waals surface area contributed by atoms with Crippen LogP contribution in [-0.2, 0) is 9.59 Å². The van der Waals surface area contributed by atoms with E-state index in [1.54, 1.807) is 24.3 Å². The smallest absolute Gasteiger partial charge is 0.261 e. The maximum Gasteiger partial charge on any atom is 0.261 e. The Balaban J connectivity index is 1.48. The highest BCUT2D eigenvalue weighted by molar-refractivity contribution is 6.30. The van der Waals surface area contributed by atoms with E-state index in [-0.39, 0.29) is 24.3 Å². The van der Waals surface area contributed by atoms with Crippen LogP contribution in [0.3, 0.4) is 0 Å². The van der Waals surface area contributed by atoms with Crippen LogP contribution in [0.15, 0.2) is 24.3 Å². The molecule has 2 saturated carbocycles. The van der Waals surface area contributed by atoms with E-state index in [0.29, 0.717) is 22.9 Å². The molecule has 1 N–H and O–H groups in total. The lowest BCUT2D eigenvalue weighted by atomic mass is 9.95. The third kappa shape index (κ3) is 3.06. The van der Waals surface area contributed by atoms with Gasteiger partial charge in [0.05, 0.1) is 0 Å². The van der Waals surface area contributed by atoms with E-state index in [1.807, 2.05) is 0 Å². The van der Waals surface area contributed by atoms with Gasteiger partial charge in [-0.15, -0.1) is 0 Å². The number of hydrogen-bond acceptors (Lipinski definition) is 3. The molecule has 1 unspecified atom stereocenters. The lowest BCUT2D eigenvalue weighted by Crippen LogP contribution is -2.51. The summed E-state index contributed by atoms with van der Waals surface area (Å²) >= 11 is 5.85. The molecule has 1 aromatic rings. The molecule has 1 saturated heterocycles. The molecular formula is C19H21ClN2O3. The Morgan fingerprint density at radius 3 is 2.48 bits per heavy atom. The topological polar surface area (TPSA) is 66.5 Å². The van der Waals surface area contributed by atoms with Gasteiger partial charge in [-0.1, -0.05) is 18.0 Å². The van der Waals surface area contributed by atoms with Crippen molar-refractivity contribution < 1.29 is 14.4 Å². The molecular weight excluding hydrogens is 340 g/mol. The number of fused-ring (bicyclic) bond motifs is 2. The van der Waals surface area contributed by atoms with Crippen LogP contribution in [0.5, 0.6) is 0 Å². The molecule has 0 spiro atoms. The van der Waals surface area contributed by atoms with Crippen molar-refractivity contribution >= 4 is 29.3 Å². The maximum atomic E-state index is 12.7. The SMILES string of the molecule is O=C(N[C@@H]1C[C@H]2CC[C@@H]1C2)C1CCC(=O)N1C(=O)c1ccc(Cl)cc1. The molecule has 25 heavy (non-hydrogen) atoms. The van der Waals surface area contributed by atoms with Crippen LogP contribution in [0.4, 0.5) is 0 Å². The highest BCUT2D eigenvalue weighted by Gasteiger charge is 2.44. The first-order valence-corrected chi connectivity index (χ1v) is 9.33. The highest BCUT2D eigenvalue weighted by Crippen LogP contribution is 2.44. The fourth-order valence-electron chi connectivity index (χ4n) is 4.62. The predicted molar refractivity (Wildman–Crippen MR) is 93.0 cm³/mol. The van der Waals surface area contributed by atoms with Crippen LogP contribution in [-0.4, -0.2) is 34.7 Å². The van der Waals surface area contributed by atoms with Crippen molar-refractivity contribution in [2.24, 2.45) is 11.8 Å². The average molecular weight is 361 g/mol. The van der Waals surface area contributed by atoms with Crippen LogP contribution in [0.1, 0.15) is 48.9 Å². The fourth-order valence-corrected chi connectivity index (χ4v) is 4.74. The molecule has 4 rings (SSSR count). The molecule has 1 aliphatic heterocycles. The Bertz CT molecular complexity index is 718. The van der Waals surface area contributed by atoms with Gasteiger partial charge in [-0.2, -0.15) is 0 Å². The summed E-state index contributed by atoms with van der Waals surface area (Å²) in [5, 5.41) is 3.64. The minimum atomic E-state index is -0.699. The average Bonchev–Trinajstić information content (AvgIpc) is 3.30. The molecule has 1 heterocycles. The first kappa shape index (κ1) is 16.6. The van der Waals surface area contributed by atoms with Crippen LogP contribution < -0.4 is 5.32 Å². The van der Waals surface area contributed by atoms with Gasteiger partial charge in [-0.3, -0.25) is 19.3 Å². The van der Waals surface area contributed by atoms with Crippen molar-refractivity contribution in [3.8, 4) is 0 Å². The summed E-state index contributed by atoms with van der Waals surface area (Å²) in [5.74, 6) is 0.393. The number of likely N-dealkylation sites (tertiary alicyclic amines) is 1. The summed E-state index contributed by atoms with van der Waals surface area (Å²) in [4.78, 5) is 38.8. The lowest BCUT2D eigenvalue weighted by molar-refractivity contribution is -0.133. The van der Waals surface area contributed by atoms with Gasteiger partial charge in [0.25, 0.3) is 5.91 Å². The van der Waals surface area contributed by atoms with Crippen LogP contribution in [0.2, 0.25) is 5.02 Å². The summed E-state index contributed by atoms with van der Waals surface area (Å²) in [5.41, 5.74) is 0.373. The van der Waals surface area contributed by atoms with Crippen molar-refractivity contribution in [1.29, 1.82) is 0 Å². The summed E-state index contributed by atoms with van der Waals surface area (Å²) in [6, 6.07) is 5.89. The second-order valence-corrected chi connectivity index (χ2v) is 7.86. The Kier molecular flexibility index (Phi) is 4.28. The zero-order chi connectivity index (χ0) is 17.6. The first-order valence-electron chi connectivity index (χ1n) is 8.95. The molecule has 3 aliphatic rings. The first-order chi connectivity index (χ1) is 12.0. The predicted octanol–water partition coefficient (Wildman–Crippen LogP) is 2.78. The lowest BCUT2D eigenvalue weighted by Gasteiger charge is -2.27. The van der Waals surface area contributed by atoms with E-state index in [1.165, 1.54) is 19.3 Å². The van der Waals surface area contributed by atoms with Gasteiger partial charge < -0.3 is 5.32 Å². The third-order valence-corrected chi connectivity index (χ3v) is 6.14. The molecule has 3 amide bonds. The molecule has 4 atom stereocenters. The molecule has 2 aliphatic carbocycles. The number of benzene rings is 1. The zero-order valence-electron chi connectivity index (χ0n) is 13.9. The number of amides is 3. The van der Waals surface area contributed by atoms with E-state index in [4.69, 9.17) is 11.6 Å². The molecule has 3 fully saturated rings. The highest BCUT2D eigenvalue weighted by atomic mass is 35.5. The molecule has 132 valence electrons. The van der Waals surface area contributed by atoms with E-state index in [0.717, 1.165) is 17.2 Å². The number of imide groups is 1. The standard InChI is InChI=1S/C19H21ClN2O3/c20-14-5-3-12(4-6-14)19(25)22-16(7-8-17(22)23)18(24)21-15-10-11-1-2-13(15)9-11/h3-6,11,13,15-16H,1-2,7-10H2,(H,21,24)/t11-,13+,15+,16?/m0/s1. The van der Waals surface area contributed by atoms with Crippen molar-refractivity contribution in [2.75, 3.05) is 0 Å².